The fraction of sp³-hybridized carbons (Fsp3) is 0.154. The Morgan fingerprint density at radius 3 is 2.69 bits per heavy atom. The lowest BCUT2D eigenvalue weighted by Gasteiger charge is -2.05. The molecule has 0 fully saturated rings. The molecular formula is C13H12ClNO. The molecule has 0 saturated heterocycles. The van der Waals surface area contributed by atoms with Gasteiger partial charge in [0.25, 0.3) is 0 Å². The van der Waals surface area contributed by atoms with Crippen LogP contribution in [0.15, 0.2) is 36.4 Å². The Morgan fingerprint density at radius 2 is 1.94 bits per heavy atom. The van der Waals surface area contributed by atoms with Gasteiger partial charge in [-0.1, -0.05) is 29.8 Å². The van der Waals surface area contributed by atoms with E-state index >= 15 is 0 Å². The van der Waals surface area contributed by atoms with Gasteiger partial charge in [0.2, 0.25) is 5.24 Å². The largest absolute Gasteiger partial charge is 0.377 e. The predicted octanol–water partition coefficient (Wildman–Crippen LogP) is 3.33. The number of carbonyl (C=O) groups excluding carboxylic acids is 1. The number of hydrogen-bond acceptors (Lipinski definition) is 2. The molecule has 0 saturated carbocycles. The number of fused-ring (bicyclic) bond motifs is 1. The molecule has 0 aromatic heterocycles. The molecule has 3 heteroatoms. The van der Waals surface area contributed by atoms with Crippen molar-refractivity contribution >= 4 is 33.3 Å². The maximum atomic E-state index is 10.6. The average Bonchev–Trinajstić information content (AvgIpc) is 2.25. The minimum atomic E-state index is -0.385. The van der Waals surface area contributed by atoms with Gasteiger partial charge >= 0.3 is 0 Å². The van der Waals surface area contributed by atoms with Gasteiger partial charge in [-0.15, -0.1) is 0 Å². The summed E-state index contributed by atoms with van der Waals surface area (Å²) in [6, 6.07) is 12.3. The predicted molar refractivity (Wildman–Crippen MR) is 68.0 cm³/mol. The Labute approximate surface area is 99.2 Å². The number of aryl methyl sites for hydroxylation is 1. The monoisotopic (exact) mass is 233 g/mol. The van der Waals surface area contributed by atoms with E-state index in [-0.39, 0.29) is 11.8 Å². The van der Waals surface area contributed by atoms with E-state index in [1.807, 2.05) is 18.2 Å². The quantitative estimate of drug-likeness (QED) is 0.824. The third kappa shape index (κ3) is 2.52. The third-order valence-electron chi connectivity index (χ3n) is 2.43. The molecule has 0 spiro atoms. The van der Waals surface area contributed by atoms with Crippen LogP contribution < -0.4 is 5.32 Å². The van der Waals surface area contributed by atoms with Crippen molar-refractivity contribution in [1.82, 2.24) is 0 Å². The van der Waals surface area contributed by atoms with Crippen LogP contribution in [0, 0.1) is 6.92 Å². The summed E-state index contributed by atoms with van der Waals surface area (Å²) in [7, 11) is 0. The molecule has 0 aliphatic heterocycles. The summed E-state index contributed by atoms with van der Waals surface area (Å²) in [6.07, 6.45) is 0. The summed E-state index contributed by atoms with van der Waals surface area (Å²) < 4.78 is 0. The number of hydrogen-bond donors (Lipinski definition) is 1. The first-order chi connectivity index (χ1) is 7.65. The minimum absolute atomic E-state index is 0.152. The van der Waals surface area contributed by atoms with Crippen molar-refractivity contribution in [1.29, 1.82) is 0 Å². The fourth-order valence-electron chi connectivity index (χ4n) is 1.65. The molecule has 2 aromatic rings. The van der Waals surface area contributed by atoms with E-state index in [0.29, 0.717) is 0 Å². The zero-order chi connectivity index (χ0) is 11.5. The second kappa shape index (κ2) is 4.54. The molecule has 82 valence electrons. The Bertz CT molecular complexity index is 536. The molecule has 16 heavy (non-hydrogen) atoms. The summed E-state index contributed by atoms with van der Waals surface area (Å²) in [5.74, 6) is 0. The highest BCUT2D eigenvalue weighted by Crippen LogP contribution is 2.20. The van der Waals surface area contributed by atoms with E-state index in [9.17, 15) is 4.79 Å². The van der Waals surface area contributed by atoms with Gasteiger partial charge in [0, 0.05) is 5.69 Å². The topological polar surface area (TPSA) is 29.1 Å². The van der Waals surface area contributed by atoms with E-state index < -0.39 is 0 Å². The Morgan fingerprint density at radius 1 is 1.19 bits per heavy atom. The molecule has 1 N–H and O–H groups in total. The first-order valence-corrected chi connectivity index (χ1v) is 5.45. The Kier molecular flexibility index (Phi) is 3.11. The standard InChI is InChI=1S/C13H12ClNO/c1-9-2-3-10-4-5-12(7-11(10)6-9)15-8-13(14)16/h2-7,15H,8H2,1H3. The Hall–Kier alpha value is -1.54. The number of carbonyl (C=O) groups is 1. The van der Waals surface area contributed by atoms with Crippen LogP contribution in [0.2, 0.25) is 0 Å². The maximum absolute atomic E-state index is 10.6. The lowest BCUT2D eigenvalue weighted by Crippen LogP contribution is -2.07. The van der Waals surface area contributed by atoms with Gasteiger partial charge in [-0.2, -0.15) is 0 Å². The molecule has 2 nitrogen and oxygen atoms in total. The van der Waals surface area contributed by atoms with Crippen LogP contribution in [-0.4, -0.2) is 11.8 Å². The van der Waals surface area contributed by atoms with Crippen molar-refractivity contribution in [2.24, 2.45) is 0 Å². The molecule has 0 bridgehead atoms. The molecular weight excluding hydrogens is 222 g/mol. The van der Waals surface area contributed by atoms with Crippen LogP contribution in [0.3, 0.4) is 0 Å². The van der Waals surface area contributed by atoms with E-state index in [1.54, 1.807) is 0 Å². The molecule has 0 amide bonds. The van der Waals surface area contributed by atoms with Crippen LogP contribution in [0.25, 0.3) is 10.8 Å². The van der Waals surface area contributed by atoms with Gasteiger partial charge in [0.1, 0.15) is 0 Å². The highest BCUT2D eigenvalue weighted by molar-refractivity contribution is 6.64. The van der Waals surface area contributed by atoms with Gasteiger partial charge < -0.3 is 5.32 Å². The van der Waals surface area contributed by atoms with E-state index in [2.05, 4.69) is 30.4 Å². The number of rotatable bonds is 3. The van der Waals surface area contributed by atoms with Gasteiger partial charge in [-0.05, 0) is 41.4 Å². The van der Waals surface area contributed by atoms with Crippen molar-refractivity contribution < 1.29 is 4.79 Å². The molecule has 0 heterocycles. The number of nitrogens with one attached hydrogen (secondary N) is 1. The van der Waals surface area contributed by atoms with Gasteiger partial charge in [-0.3, -0.25) is 4.79 Å². The SMILES string of the molecule is Cc1ccc2ccc(NCC(=O)Cl)cc2c1. The van der Waals surface area contributed by atoms with Crippen LogP contribution in [-0.2, 0) is 4.79 Å². The van der Waals surface area contributed by atoms with Crippen LogP contribution >= 0.6 is 11.6 Å². The summed E-state index contributed by atoms with van der Waals surface area (Å²) >= 11 is 5.27. The normalized spacial score (nSPS) is 10.4. The summed E-state index contributed by atoms with van der Waals surface area (Å²) in [5.41, 5.74) is 2.13. The lowest BCUT2D eigenvalue weighted by atomic mass is 10.1. The van der Waals surface area contributed by atoms with Crippen molar-refractivity contribution in [3.05, 3.63) is 42.0 Å². The zero-order valence-electron chi connectivity index (χ0n) is 8.96. The Balaban J connectivity index is 2.31. The average molecular weight is 234 g/mol. The lowest BCUT2D eigenvalue weighted by molar-refractivity contribution is -0.110. The van der Waals surface area contributed by atoms with Gasteiger partial charge in [0.15, 0.2) is 0 Å². The van der Waals surface area contributed by atoms with Crippen molar-refractivity contribution in [3.8, 4) is 0 Å². The van der Waals surface area contributed by atoms with Gasteiger partial charge in [0.05, 0.1) is 6.54 Å². The third-order valence-corrected chi connectivity index (χ3v) is 2.56. The molecule has 0 aliphatic rings. The first kappa shape index (κ1) is 11.0. The first-order valence-electron chi connectivity index (χ1n) is 5.08. The highest BCUT2D eigenvalue weighted by Gasteiger charge is 1.98. The fourth-order valence-corrected chi connectivity index (χ4v) is 1.71. The zero-order valence-corrected chi connectivity index (χ0v) is 9.71. The molecule has 2 rings (SSSR count). The van der Waals surface area contributed by atoms with Crippen molar-refractivity contribution in [2.45, 2.75) is 6.92 Å². The smallest absolute Gasteiger partial charge is 0.240 e. The van der Waals surface area contributed by atoms with Gasteiger partial charge in [-0.25, -0.2) is 0 Å². The van der Waals surface area contributed by atoms with Crippen molar-refractivity contribution in [2.75, 3.05) is 11.9 Å². The van der Waals surface area contributed by atoms with Crippen LogP contribution in [0.4, 0.5) is 5.69 Å². The second-order valence-electron chi connectivity index (χ2n) is 3.77. The molecule has 0 radical (unpaired) electrons. The molecule has 0 atom stereocenters. The van der Waals surface area contributed by atoms with E-state index in [4.69, 9.17) is 11.6 Å². The van der Waals surface area contributed by atoms with Crippen LogP contribution in [0.5, 0.6) is 0 Å². The molecule has 0 unspecified atom stereocenters. The van der Waals surface area contributed by atoms with Crippen LogP contribution in [0.1, 0.15) is 5.56 Å². The number of anilines is 1. The maximum Gasteiger partial charge on any atom is 0.240 e. The highest BCUT2D eigenvalue weighted by atomic mass is 35.5. The summed E-state index contributed by atoms with van der Waals surface area (Å²) in [4.78, 5) is 10.6. The summed E-state index contributed by atoms with van der Waals surface area (Å²) in [5, 5.41) is 4.94. The number of benzene rings is 2. The van der Waals surface area contributed by atoms with Crippen molar-refractivity contribution in [3.63, 3.8) is 0 Å². The van der Waals surface area contributed by atoms with E-state index in [0.717, 1.165) is 11.1 Å². The summed E-state index contributed by atoms with van der Waals surface area (Å²) in [6.45, 7) is 2.21. The molecule has 2 aromatic carbocycles. The molecule has 0 aliphatic carbocycles. The number of halogens is 1. The minimum Gasteiger partial charge on any atom is -0.377 e. The second-order valence-corrected chi connectivity index (χ2v) is 4.20. The van der Waals surface area contributed by atoms with E-state index in [1.165, 1.54) is 10.9 Å².